The van der Waals surface area contributed by atoms with Gasteiger partial charge in [0.05, 0.1) is 25.9 Å². The molecule has 0 saturated carbocycles. The van der Waals surface area contributed by atoms with Gasteiger partial charge in [0.2, 0.25) is 0 Å². The lowest BCUT2D eigenvalue weighted by molar-refractivity contribution is -0.102. The quantitative estimate of drug-likeness (QED) is 0.906. The molecule has 1 aliphatic rings. The van der Waals surface area contributed by atoms with Gasteiger partial charge in [-0.25, -0.2) is 0 Å². The molecule has 2 rings (SSSR count). The van der Waals surface area contributed by atoms with E-state index in [9.17, 15) is 0 Å². The standard InChI is InChI=1S/C16H25NO2/c1-5-17-16(15-10-18-6-7-19-15)14-9-12(3)11(2)8-13(14)4/h8-9,15-17H,5-7,10H2,1-4H3. The molecule has 0 bridgehead atoms. The van der Waals surface area contributed by atoms with Gasteiger partial charge < -0.3 is 14.8 Å². The molecular formula is C16H25NO2. The Bertz CT molecular complexity index is 425. The van der Waals surface area contributed by atoms with Crippen LogP contribution in [0, 0.1) is 20.8 Å². The Kier molecular flexibility index (Phi) is 4.97. The fourth-order valence-electron chi connectivity index (χ4n) is 2.68. The number of aryl methyl sites for hydroxylation is 3. The number of rotatable bonds is 4. The van der Waals surface area contributed by atoms with Crippen LogP contribution in [0.4, 0.5) is 0 Å². The maximum Gasteiger partial charge on any atom is 0.100 e. The van der Waals surface area contributed by atoms with Gasteiger partial charge in [-0.05, 0) is 49.6 Å². The molecule has 3 heteroatoms. The Morgan fingerprint density at radius 1 is 1.16 bits per heavy atom. The fourth-order valence-corrected chi connectivity index (χ4v) is 2.68. The second-order valence-electron chi connectivity index (χ2n) is 5.31. The first kappa shape index (κ1) is 14.5. The van der Waals surface area contributed by atoms with E-state index in [0.29, 0.717) is 19.8 Å². The molecule has 0 spiro atoms. The lowest BCUT2D eigenvalue weighted by Crippen LogP contribution is -2.41. The Balaban J connectivity index is 2.29. The van der Waals surface area contributed by atoms with Crippen LogP contribution in [0.3, 0.4) is 0 Å². The van der Waals surface area contributed by atoms with Crippen molar-refractivity contribution in [2.45, 2.75) is 39.8 Å². The van der Waals surface area contributed by atoms with Gasteiger partial charge in [0.15, 0.2) is 0 Å². The van der Waals surface area contributed by atoms with Crippen molar-refractivity contribution in [1.29, 1.82) is 0 Å². The van der Waals surface area contributed by atoms with Crippen LogP contribution in [0.1, 0.15) is 35.2 Å². The summed E-state index contributed by atoms with van der Waals surface area (Å²) in [5.41, 5.74) is 5.33. The predicted octanol–water partition coefficient (Wildman–Crippen LogP) is 2.68. The fraction of sp³-hybridized carbons (Fsp3) is 0.625. The van der Waals surface area contributed by atoms with Crippen LogP contribution in [0.25, 0.3) is 0 Å². The number of benzene rings is 1. The normalized spacial score (nSPS) is 21.4. The molecule has 0 amide bonds. The van der Waals surface area contributed by atoms with E-state index in [0.717, 1.165) is 6.54 Å². The number of nitrogens with one attached hydrogen (secondary N) is 1. The minimum Gasteiger partial charge on any atom is -0.376 e. The third-order valence-electron chi connectivity index (χ3n) is 3.85. The zero-order chi connectivity index (χ0) is 13.8. The van der Waals surface area contributed by atoms with Crippen LogP contribution in [0.5, 0.6) is 0 Å². The summed E-state index contributed by atoms with van der Waals surface area (Å²) in [5.74, 6) is 0. The molecule has 1 aromatic rings. The molecule has 3 nitrogen and oxygen atoms in total. The summed E-state index contributed by atoms with van der Waals surface area (Å²) in [7, 11) is 0. The Hall–Kier alpha value is -0.900. The lowest BCUT2D eigenvalue weighted by Gasteiger charge is -2.32. The van der Waals surface area contributed by atoms with E-state index < -0.39 is 0 Å². The van der Waals surface area contributed by atoms with Gasteiger partial charge in [-0.15, -0.1) is 0 Å². The van der Waals surface area contributed by atoms with E-state index >= 15 is 0 Å². The summed E-state index contributed by atoms with van der Waals surface area (Å²) in [5, 5.41) is 3.55. The third-order valence-corrected chi connectivity index (χ3v) is 3.85. The maximum absolute atomic E-state index is 5.88. The molecule has 1 aliphatic heterocycles. The molecule has 1 aromatic carbocycles. The minimum atomic E-state index is 0.106. The molecule has 1 fully saturated rings. The Morgan fingerprint density at radius 3 is 2.53 bits per heavy atom. The van der Waals surface area contributed by atoms with E-state index in [2.05, 4.69) is 45.1 Å². The van der Waals surface area contributed by atoms with E-state index in [-0.39, 0.29) is 12.1 Å². The van der Waals surface area contributed by atoms with Gasteiger partial charge in [0, 0.05) is 0 Å². The average Bonchev–Trinajstić information content (AvgIpc) is 2.42. The van der Waals surface area contributed by atoms with Crippen molar-refractivity contribution in [1.82, 2.24) is 5.32 Å². The highest BCUT2D eigenvalue weighted by Crippen LogP contribution is 2.27. The third kappa shape index (κ3) is 3.35. The van der Waals surface area contributed by atoms with Crippen LogP contribution < -0.4 is 5.32 Å². The van der Waals surface area contributed by atoms with E-state index in [1.807, 2.05) is 0 Å². The summed E-state index contributed by atoms with van der Waals surface area (Å²) in [4.78, 5) is 0. The van der Waals surface area contributed by atoms with Crippen LogP contribution >= 0.6 is 0 Å². The number of hydrogen-bond donors (Lipinski definition) is 1. The summed E-state index contributed by atoms with van der Waals surface area (Å²) < 4.78 is 11.4. The number of likely N-dealkylation sites (N-methyl/N-ethyl adjacent to an activating group) is 1. The van der Waals surface area contributed by atoms with Gasteiger partial charge >= 0.3 is 0 Å². The Morgan fingerprint density at radius 2 is 1.89 bits per heavy atom. The van der Waals surface area contributed by atoms with Crippen molar-refractivity contribution in [2.24, 2.45) is 0 Å². The monoisotopic (exact) mass is 263 g/mol. The summed E-state index contributed by atoms with van der Waals surface area (Å²) in [6.45, 7) is 11.6. The number of hydrogen-bond acceptors (Lipinski definition) is 3. The van der Waals surface area contributed by atoms with Crippen molar-refractivity contribution < 1.29 is 9.47 Å². The van der Waals surface area contributed by atoms with Crippen LogP contribution in [-0.4, -0.2) is 32.5 Å². The first-order valence-electron chi connectivity index (χ1n) is 7.14. The van der Waals surface area contributed by atoms with Gasteiger partial charge in [0.1, 0.15) is 6.10 Å². The van der Waals surface area contributed by atoms with Crippen molar-refractivity contribution in [3.05, 3.63) is 34.4 Å². The first-order chi connectivity index (χ1) is 9.13. The van der Waals surface area contributed by atoms with Gasteiger partial charge in [-0.2, -0.15) is 0 Å². The highest BCUT2D eigenvalue weighted by molar-refractivity contribution is 5.38. The zero-order valence-corrected chi connectivity index (χ0v) is 12.5. The molecule has 106 valence electrons. The molecule has 1 heterocycles. The molecule has 2 atom stereocenters. The molecule has 0 radical (unpaired) electrons. The van der Waals surface area contributed by atoms with E-state index in [1.54, 1.807) is 0 Å². The summed E-state index contributed by atoms with van der Waals surface area (Å²) >= 11 is 0. The van der Waals surface area contributed by atoms with Gasteiger partial charge in [0.25, 0.3) is 0 Å². The van der Waals surface area contributed by atoms with Crippen LogP contribution in [0.2, 0.25) is 0 Å². The second kappa shape index (κ2) is 6.51. The molecule has 1 N–H and O–H groups in total. The highest BCUT2D eigenvalue weighted by atomic mass is 16.6. The predicted molar refractivity (Wildman–Crippen MR) is 77.6 cm³/mol. The van der Waals surface area contributed by atoms with Gasteiger partial charge in [-0.3, -0.25) is 0 Å². The topological polar surface area (TPSA) is 30.5 Å². The Labute approximate surface area is 116 Å². The largest absolute Gasteiger partial charge is 0.376 e. The molecular weight excluding hydrogens is 238 g/mol. The summed E-state index contributed by atoms with van der Waals surface area (Å²) in [6, 6.07) is 4.76. The minimum absolute atomic E-state index is 0.106. The maximum atomic E-state index is 5.88. The first-order valence-corrected chi connectivity index (χ1v) is 7.14. The second-order valence-corrected chi connectivity index (χ2v) is 5.31. The molecule has 0 aliphatic carbocycles. The number of ether oxygens (including phenoxy) is 2. The molecule has 2 unspecified atom stereocenters. The lowest BCUT2D eigenvalue weighted by atomic mass is 9.92. The van der Waals surface area contributed by atoms with Crippen LogP contribution in [-0.2, 0) is 9.47 Å². The van der Waals surface area contributed by atoms with Crippen molar-refractivity contribution in [3.8, 4) is 0 Å². The molecule has 1 saturated heterocycles. The molecule has 0 aromatic heterocycles. The van der Waals surface area contributed by atoms with Crippen molar-refractivity contribution in [3.63, 3.8) is 0 Å². The van der Waals surface area contributed by atoms with E-state index in [4.69, 9.17) is 9.47 Å². The summed E-state index contributed by atoms with van der Waals surface area (Å²) in [6.07, 6.45) is 0.106. The highest BCUT2D eigenvalue weighted by Gasteiger charge is 2.27. The van der Waals surface area contributed by atoms with Crippen molar-refractivity contribution in [2.75, 3.05) is 26.4 Å². The zero-order valence-electron chi connectivity index (χ0n) is 12.5. The molecule has 19 heavy (non-hydrogen) atoms. The van der Waals surface area contributed by atoms with Crippen LogP contribution in [0.15, 0.2) is 12.1 Å². The van der Waals surface area contributed by atoms with Crippen molar-refractivity contribution >= 4 is 0 Å². The smallest absolute Gasteiger partial charge is 0.100 e. The average molecular weight is 263 g/mol. The van der Waals surface area contributed by atoms with E-state index in [1.165, 1.54) is 22.3 Å². The SMILES string of the molecule is CCNC(c1cc(C)c(C)cc1C)C1COCCO1. The van der Waals surface area contributed by atoms with Gasteiger partial charge in [-0.1, -0.05) is 19.1 Å².